The first-order valence-electron chi connectivity index (χ1n) is 12.2. The Balaban J connectivity index is 1.45. The molecule has 4 atom stereocenters. The zero-order chi connectivity index (χ0) is 27.2. The minimum absolute atomic E-state index is 0.114. The molecule has 2 aromatic rings. The van der Waals surface area contributed by atoms with E-state index in [1.165, 1.54) is 18.2 Å². The highest BCUT2D eigenvalue weighted by atomic mass is 16.6. The largest absolute Gasteiger partial charge is 0.486 e. The number of ether oxygens (including phenoxy) is 2. The smallest absolute Gasteiger partial charge is 0.292 e. The number of β-amino-alcohol motifs (C(OH)–C–C–N with tert-alkyl or cyclic N) is 1. The molecule has 38 heavy (non-hydrogen) atoms. The third kappa shape index (κ3) is 5.91. The van der Waals surface area contributed by atoms with Crippen molar-refractivity contribution in [1.82, 2.24) is 4.90 Å². The summed E-state index contributed by atoms with van der Waals surface area (Å²) in [5.74, 6) is 1.19. The lowest BCUT2D eigenvalue weighted by Crippen LogP contribution is -2.62. The summed E-state index contributed by atoms with van der Waals surface area (Å²) in [5.41, 5.74) is 10.5. The van der Waals surface area contributed by atoms with Crippen LogP contribution in [0.4, 0.5) is 17.1 Å². The molecule has 14 nitrogen and oxygen atoms in total. The van der Waals surface area contributed by atoms with Crippen LogP contribution < -0.4 is 14.8 Å². The number of nitrogens with one attached hydrogen (secondary N) is 1. The summed E-state index contributed by atoms with van der Waals surface area (Å²) in [5, 5.41) is 57.8. The fourth-order valence-electron chi connectivity index (χ4n) is 4.81. The Kier molecular flexibility index (Phi) is 8.84. The van der Waals surface area contributed by atoms with Crippen LogP contribution in [0.5, 0.6) is 11.5 Å². The molecule has 0 aliphatic carbocycles. The van der Waals surface area contributed by atoms with E-state index in [0.717, 1.165) is 11.1 Å². The number of nitrogens with zero attached hydrogens (tertiary/aromatic N) is 5. The minimum Gasteiger partial charge on any atom is -0.486 e. The Morgan fingerprint density at radius 3 is 2.42 bits per heavy atom. The molecule has 0 bridgehead atoms. The average molecular weight is 531 g/mol. The molecule has 0 aromatic heterocycles. The average Bonchev–Trinajstić information content (AvgIpc) is 2.92. The zero-order valence-electron chi connectivity index (χ0n) is 20.5. The third-order valence-electron chi connectivity index (χ3n) is 6.78. The van der Waals surface area contributed by atoms with Crippen LogP contribution >= 0.6 is 0 Å². The van der Waals surface area contributed by atoms with Crippen LogP contribution in [-0.4, -0.2) is 94.1 Å². The van der Waals surface area contributed by atoms with Crippen LogP contribution in [0, 0.1) is 10.1 Å². The standard InChI is InChI=1S/C24H30N6O8/c25-28-27-16-3-4-17(18(11-16)30(35)36)26-7-5-14-1-2-15(24-23(14)37-9-10-38-24)6-8-29-12-20(32)22(34)21(33)19(29)13-31/h1-4,11,19-22,26,31-34H,5-10,12-13H2/t19-,20+,21-,22-/m1/s1. The highest BCUT2D eigenvalue weighted by Gasteiger charge is 2.40. The molecule has 1 fully saturated rings. The normalized spacial score (nSPS) is 22.9. The Bertz CT molecular complexity index is 1210. The predicted molar refractivity (Wildman–Crippen MR) is 136 cm³/mol. The molecule has 0 spiro atoms. The van der Waals surface area contributed by atoms with Crippen LogP contribution in [0.25, 0.3) is 10.4 Å². The van der Waals surface area contributed by atoms with Crippen LogP contribution in [0.15, 0.2) is 35.4 Å². The SMILES string of the molecule is [N-]=[N+]=Nc1ccc(NCCc2ccc(CCN3C[C@H](O)[C@@H](O)[C@H](O)[C@H]3CO)c3c2OCCO3)c([N+](=O)[O-])c1. The molecule has 0 amide bonds. The Hall–Kier alpha value is -3.65. The van der Waals surface area contributed by atoms with Crippen LogP contribution in [0.2, 0.25) is 0 Å². The van der Waals surface area contributed by atoms with Crippen molar-refractivity contribution in [3.05, 3.63) is 62.0 Å². The third-order valence-corrected chi connectivity index (χ3v) is 6.78. The molecule has 0 unspecified atom stereocenters. The highest BCUT2D eigenvalue weighted by molar-refractivity contribution is 5.66. The van der Waals surface area contributed by atoms with E-state index >= 15 is 0 Å². The molecule has 2 aliphatic heterocycles. The van der Waals surface area contributed by atoms with Gasteiger partial charge in [0.05, 0.1) is 23.7 Å². The fourth-order valence-corrected chi connectivity index (χ4v) is 4.81. The van der Waals surface area contributed by atoms with Gasteiger partial charge in [-0.2, -0.15) is 0 Å². The second kappa shape index (κ2) is 12.3. The minimum atomic E-state index is -1.31. The van der Waals surface area contributed by atoms with Crippen molar-refractivity contribution in [2.24, 2.45) is 5.11 Å². The highest BCUT2D eigenvalue weighted by Crippen LogP contribution is 2.38. The quantitative estimate of drug-likeness (QED) is 0.0977. The van der Waals surface area contributed by atoms with Crippen molar-refractivity contribution in [3.63, 3.8) is 0 Å². The topological polar surface area (TPSA) is 207 Å². The fraction of sp³-hybridized carbons (Fsp3) is 0.500. The number of fused-ring (bicyclic) bond motifs is 1. The summed E-state index contributed by atoms with van der Waals surface area (Å²) >= 11 is 0. The monoisotopic (exact) mass is 530 g/mol. The summed E-state index contributed by atoms with van der Waals surface area (Å²) in [6.45, 7) is 1.26. The Labute approximate surface area is 217 Å². The van der Waals surface area contributed by atoms with E-state index in [1.54, 1.807) is 4.90 Å². The van der Waals surface area contributed by atoms with Crippen molar-refractivity contribution >= 4 is 17.1 Å². The first kappa shape index (κ1) is 27.4. The van der Waals surface area contributed by atoms with Gasteiger partial charge in [0, 0.05) is 36.3 Å². The van der Waals surface area contributed by atoms with Gasteiger partial charge in [0.2, 0.25) is 0 Å². The van der Waals surface area contributed by atoms with Crippen LogP contribution in [0.3, 0.4) is 0 Å². The molecule has 4 rings (SSSR count). The number of nitro benzene ring substituents is 1. The molecule has 0 radical (unpaired) electrons. The molecular formula is C24H30N6O8. The zero-order valence-corrected chi connectivity index (χ0v) is 20.5. The lowest BCUT2D eigenvalue weighted by atomic mass is 9.93. The van der Waals surface area contributed by atoms with E-state index in [4.69, 9.17) is 15.0 Å². The summed E-state index contributed by atoms with van der Waals surface area (Å²) in [4.78, 5) is 15.3. The number of benzene rings is 2. The number of aliphatic hydroxyl groups is 4. The molecule has 0 saturated carbocycles. The van der Waals surface area contributed by atoms with Crippen molar-refractivity contribution < 1.29 is 34.8 Å². The number of nitro groups is 1. The van der Waals surface area contributed by atoms with E-state index < -0.39 is 29.3 Å². The van der Waals surface area contributed by atoms with E-state index in [9.17, 15) is 30.5 Å². The van der Waals surface area contributed by atoms with E-state index in [0.29, 0.717) is 56.3 Å². The number of rotatable bonds is 10. The van der Waals surface area contributed by atoms with Gasteiger partial charge >= 0.3 is 0 Å². The lowest BCUT2D eigenvalue weighted by molar-refractivity contribution is -0.383. The first-order valence-corrected chi connectivity index (χ1v) is 12.2. The van der Waals surface area contributed by atoms with Crippen molar-refractivity contribution in [2.75, 3.05) is 44.8 Å². The molecule has 204 valence electrons. The van der Waals surface area contributed by atoms with E-state index in [1.807, 2.05) is 12.1 Å². The van der Waals surface area contributed by atoms with Gasteiger partial charge in [0.25, 0.3) is 5.69 Å². The lowest BCUT2D eigenvalue weighted by Gasteiger charge is -2.43. The van der Waals surface area contributed by atoms with Gasteiger partial charge in [0.1, 0.15) is 31.1 Å². The number of azide groups is 1. The van der Waals surface area contributed by atoms with Gasteiger partial charge < -0.3 is 35.2 Å². The summed E-state index contributed by atoms with van der Waals surface area (Å²) in [7, 11) is 0. The number of anilines is 1. The number of hydrogen-bond donors (Lipinski definition) is 5. The summed E-state index contributed by atoms with van der Waals surface area (Å²) < 4.78 is 11.8. The molecule has 5 N–H and O–H groups in total. The second-order valence-electron chi connectivity index (χ2n) is 9.11. The van der Waals surface area contributed by atoms with Gasteiger partial charge in [-0.05, 0) is 35.6 Å². The number of piperidine rings is 1. The second-order valence-corrected chi connectivity index (χ2v) is 9.11. The number of aliphatic hydroxyl groups excluding tert-OH is 4. The maximum atomic E-state index is 11.4. The van der Waals surface area contributed by atoms with E-state index in [2.05, 4.69) is 15.3 Å². The summed E-state index contributed by atoms with van der Waals surface area (Å²) in [6, 6.07) is 7.30. The maximum Gasteiger partial charge on any atom is 0.292 e. The van der Waals surface area contributed by atoms with Crippen molar-refractivity contribution in [3.8, 4) is 11.5 Å². The first-order chi connectivity index (χ1) is 18.3. The molecule has 14 heteroatoms. The van der Waals surface area contributed by atoms with Gasteiger partial charge in [-0.15, -0.1) is 0 Å². The predicted octanol–water partition coefficient (Wildman–Crippen LogP) is 1.26. The van der Waals surface area contributed by atoms with Gasteiger partial charge in [-0.3, -0.25) is 15.0 Å². The summed E-state index contributed by atoms with van der Waals surface area (Å²) in [6.07, 6.45) is -2.73. The maximum absolute atomic E-state index is 11.4. The van der Waals surface area contributed by atoms with Crippen molar-refractivity contribution in [2.45, 2.75) is 37.2 Å². The van der Waals surface area contributed by atoms with Crippen molar-refractivity contribution in [1.29, 1.82) is 0 Å². The van der Waals surface area contributed by atoms with Gasteiger partial charge in [0.15, 0.2) is 11.5 Å². The van der Waals surface area contributed by atoms with Gasteiger partial charge in [-0.1, -0.05) is 23.3 Å². The van der Waals surface area contributed by atoms with Gasteiger partial charge in [-0.25, -0.2) is 0 Å². The molecule has 1 saturated heterocycles. The Morgan fingerprint density at radius 2 is 1.79 bits per heavy atom. The van der Waals surface area contributed by atoms with E-state index in [-0.39, 0.29) is 24.5 Å². The molecule has 2 aromatic carbocycles. The Morgan fingerprint density at radius 1 is 1.11 bits per heavy atom. The number of likely N-dealkylation sites (tertiary alicyclic amines) is 1. The number of hydrogen-bond acceptors (Lipinski definition) is 11. The van der Waals surface area contributed by atoms with Crippen LogP contribution in [-0.2, 0) is 12.8 Å². The molecular weight excluding hydrogens is 500 g/mol. The molecule has 2 aliphatic rings. The van der Waals surface area contributed by atoms with Crippen LogP contribution in [0.1, 0.15) is 11.1 Å². The molecule has 2 heterocycles.